The zero-order valence-corrected chi connectivity index (χ0v) is 15.8. The van der Waals surface area contributed by atoms with Crippen molar-refractivity contribution in [3.8, 4) is 0 Å². The van der Waals surface area contributed by atoms with E-state index in [1.54, 1.807) is 0 Å². The summed E-state index contributed by atoms with van der Waals surface area (Å²) in [5.74, 6) is 0.696. The minimum atomic E-state index is 0.671. The fourth-order valence-corrected chi connectivity index (χ4v) is 3.20. The van der Waals surface area contributed by atoms with Crippen molar-refractivity contribution < 1.29 is 0 Å². The molecule has 0 aromatic heterocycles. The van der Waals surface area contributed by atoms with Crippen LogP contribution in [0.3, 0.4) is 0 Å². The van der Waals surface area contributed by atoms with Gasteiger partial charge in [0.2, 0.25) is 0 Å². The summed E-state index contributed by atoms with van der Waals surface area (Å²) in [7, 11) is 2.22. The number of benzene rings is 1. The molecule has 0 spiro atoms. The van der Waals surface area contributed by atoms with Gasteiger partial charge in [-0.15, -0.1) is 0 Å². The zero-order chi connectivity index (χ0) is 15.8. The van der Waals surface area contributed by atoms with Crippen LogP contribution < -0.4 is 5.32 Å². The van der Waals surface area contributed by atoms with E-state index in [0.717, 1.165) is 19.6 Å². The van der Waals surface area contributed by atoms with Crippen molar-refractivity contribution in [2.45, 2.75) is 59.7 Å². The lowest BCUT2D eigenvalue weighted by Gasteiger charge is -2.26. The maximum atomic E-state index is 3.73. The first-order valence-electron chi connectivity index (χ1n) is 8.16. The summed E-state index contributed by atoms with van der Waals surface area (Å²) in [5.41, 5.74) is 2.72. The summed E-state index contributed by atoms with van der Waals surface area (Å²) < 4.78 is 1.23. The van der Waals surface area contributed by atoms with Gasteiger partial charge in [0.15, 0.2) is 0 Å². The SMILES string of the molecule is CCC(CC)N(C)Cc1ccc(CNCC(C)C)cc1Br. The molecule has 0 unspecified atom stereocenters. The van der Waals surface area contributed by atoms with Crippen LogP contribution in [0.5, 0.6) is 0 Å². The van der Waals surface area contributed by atoms with Crippen molar-refractivity contribution in [3.05, 3.63) is 33.8 Å². The van der Waals surface area contributed by atoms with E-state index in [0.29, 0.717) is 12.0 Å². The van der Waals surface area contributed by atoms with E-state index in [1.165, 1.54) is 28.4 Å². The average Bonchev–Trinajstić information content (AvgIpc) is 2.42. The number of nitrogens with zero attached hydrogens (tertiary/aromatic N) is 1. The highest BCUT2D eigenvalue weighted by molar-refractivity contribution is 9.10. The number of rotatable bonds is 9. The molecule has 1 rings (SSSR count). The Balaban J connectivity index is 2.61. The molecule has 3 heteroatoms. The van der Waals surface area contributed by atoms with Gasteiger partial charge in [0.25, 0.3) is 0 Å². The normalized spacial score (nSPS) is 11.9. The van der Waals surface area contributed by atoms with E-state index < -0.39 is 0 Å². The predicted molar refractivity (Wildman–Crippen MR) is 96.5 cm³/mol. The Morgan fingerprint density at radius 2 is 1.86 bits per heavy atom. The van der Waals surface area contributed by atoms with E-state index in [2.05, 4.69) is 79.1 Å². The van der Waals surface area contributed by atoms with Crippen LogP contribution in [-0.4, -0.2) is 24.5 Å². The Bertz CT molecular complexity index is 414. The van der Waals surface area contributed by atoms with Gasteiger partial charge in [0.05, 0.1) is 0 Å². The second-order valence-electron chi connectivity index (χ2n) is 6.34. The molecule has 0 amide bonds. The van der Waals surface area contributed by atoms with Crippen LogP contribution in [0.1, 0.15) is 51.7 Å². The van der Waals surface area contributed by atoms with Gasteiger partial charge in [-0.2, -0.15) is 0 Å². The monoisotopic (exact) mass is 354 g/mol. The van der Waals surface area contributed by atoms with Crippen LogP contribution in [-0.2, 0) is 13.1 Å². The topological polar surface area (TPSA) is 15.3 Å². The Hall–Kier alpha value is -0.380. The molecule has 120 valence electrons. The molecule has 0 saturated carbocycles. The van der Waals surface area contributed by atoms with Gasteiger partial charge < -0.3 is 5.32 Å². The summed E-state index contributed by atoms with van der Waals surface area (Å²) >= 11 is 3.73. The van der Waals surface area contributed by atoms with Crippen LogP contribution in [0.4, 0.5) is 0 Å². The van der Waals surface area contributed by atoms with Crippen molar-refractivity contribution in [2.24, 2.45) is 5.92 Å². The Kier molecular flexibility index (Phi) is 8.53. The molecule has 0 atom stereocenters. The molecule has 0 aliphatic heterocycles. The molecule has 1 N–H and O–H groups in total. The van der Waals surface area contributed by atoms with Crippen molar-refractivity contribution in [1.82, 2.24) is 10.2 Å². The van der Waals surface area contributed by atoms with E-state index in [9.17, 15) is 0 Å². The quantitative estimate of drug-likeness (QED) is 0.684. The zero-order valence-electron chi connectivity index (χ0n) is 14.2. The lowest BCUT2D eigenvalue weighted by Crippen LogP contribution is -2.30. The van der Waals surface area contributed by atoms with E-state index >= 15 is 0 Å². The van der Waals surface area contributed by atoms with Crippen LogP contribution >= 0.6 is 15.9 Å². The van der Waals surface area contributed by atoms with Crippen molar-refractivity contribution in [3.63, 3.8) is 0 Å². The third kappa shape index (κ3) is 6.50. The van der Waals surface area contributed by atoms with Crippen molar-refractivity contribution >= 4 is 15.9 Å². The van der Waals surface area contributed by atoms with Gasteiger partial charge in [-0.25, -0.2) is 0 Å². The first-order chi connectivity index (χ1) is 9.97. The molecule has 1 aromatic rings. The third-order valence-electron chi connectivity index (χ3n) is 3.98. The van der Waals surface area contributed by atoms with E-state index in [-0.39, 0.29) is 0 Å². The third-order valence-corrected chi connectivity index (χ3v) is 4.72. The van der Waals surface area contributed by atoms with Crippen LogP contribution in [0.25, 0.3) is 0 Å². The molecule has 0 fully saturated rings. The van der Waals surface area contributed by atoms with Crippen LogP contribution in [0.15, 0.2) is 22.7 Å². The Morgan fingerprint density at radius 1 is 1.19 bits per heavy atom. The predicted octanol–water partition coefficient (Wildman–Crippen LogP) is 4.82. The lowest BCUT2D eigenvalue weighted by molar-refractivity contribution is 0.221. The fourth-order valence-electron chi connectivity index (χ4n) is 2.64. The molecule has 0 bridgehead atoms. The molecule has 0 saturated heterocycles. The van der Waals surface area contributed by atoms with Gasteiger partial charge in [0, 0.05) is 23.6 Å². The molecule has 0 radical (unpaired) electrons. The van der Waals surface area contributed by atoms with Crippen molar-refractivity contribution in [1.29, 1.82) is 0 Å². The standard InChI is InChI=1S/C18H31BrN2/c1-6-17(7-2)21(5)13-16-9-8-15(10-18(16)19)12-20-11-14(3)4/h8-10,14,17,20H,6-7,11-13H2,1-5H3. The highest BCUT2D eigenvalue weighted by Crippen LogP contribution is 2.21. The number of halogens is 1. The molecular weight excluding hydrogens is 324 g/mol. The number of nitrogens with one attached hydrogen (secondary N) is 1. The first-order valence-corrected chi connectivity index (χ1v) is 8.95. The first kappa shape index (κ1) is 18.7. The van der Waals surface area contributed by atoms with E-state index in [4.69, 9.17) is 0 Å². The molecular formula is C18H31BrN2. The van der Waals surface area contributed by atoms with Gasteiger partial charge in [-0.1, -0.05) is 55.8 Å². The number of hydrogen-bond donors (Lipinski definition) is 1. The fraction of sp³-hybridized carbons (Fsp3) is 0.667. The highest BCUT2D eigenvalue weighted by atomic mass is 79.9. The highest BCUT2D eigenvalue weighted by Gasteiger charge is 2.12. The van der Waals surface area contributed by atoms with Gasteiger partial charge in [-0.05, 0) is 49.5 Å². The molecule has 0 aliphatic rings. The van der Waals surface area contributed by atoms with Crippen LogP contribution in [0.2, 0.25) is 0 Å². The largest absolute Gasteiger partial charge is 0.312 e. The van der Waals surface area contributed by atoms with Gasteiger partial charge >= 0.3 is 0 Å². The minimum Gasteiger partial charge on any atom is -0.312 e. The second-order valence-corrected chi connectivity index (χ2v) is 7.19. The smallest absolute Gasteiger partial charge is 0.0244 e. The van der Waals surface area contributed by atoms with Gasteiger partial charge in [0.1, 0.15) is 0 Å². The number of hydrogen-bond acceptors (Lipinski definition) is 2. The summed E-state index contributed by atoms with van der Waals surface area (Å²) in [6.07, 6.45) is 2.42. The molecule has 0 aliphatic carbocycles. The summed E-state index contributed by atoms with van der Waals surface area (Å²) in [4.78, 5) is 2.46. The van der Waals surface area contributed by atoms with Crippen LogP contribution in [0, 0.1) is 5.92 Å². The lowest BCUT2D eigenvalue weighted by atomic mass is 10.1. The Morgan fingerprint density at radius 3 is 2.38 bits per heavy atom. The maximum absolute atomic E-state index is 3.73. The molecule has 2 nitrogen and oxygen atoms in total. The summed E-state index contributed by atoms with van der Waals surface area (Å²) in [5, 5.41) is 3.49. The van der Waals surface area contributed by atoms with Gasteiger partial charge in [-0.3, -0.25) is 4.90 Å². The molecule has 1 aromatic carbocycles. The molecule has 21 heavy (non-hydrogen) atoms. The van der Waals surface area contributed by atoms with Crippen molar-refractivity contribution in [2.75, 3.05) is 13.6 Å². The molecule has 0 heterocycles. The average molecular weight is 355 g/mol. The Labute approximate surface area is 139 Å². The minimum absolute atomic E-state index is 0.671. The maximum Gasteiger partial charge on any atom is 0.0244 e. The second kappa shape index (κ2) is 9.60. The summed E-state index contributed by atoms with van der Waals surface area (Å²) in [6.45, 7) is 12.0. The summed E-state index contributed by atoms with van der Waals surface area (Å²) in [6, 6.07) is 7.43. The van der Waals surface area contributed by atoms with E-state index in [1.807, 2.05) is 0 Å².